The minimum absolute atomic E-state index is 0.0492. The molecule has 220 valence electrons. The van der Waals surface area contributed by atoms with E-state index in [0.717, 1.165) is 58.7 Å². The quantitative estimate of drug-likeness (QED) is 0.157. The zero-order chi connectivity index (χ0) is 29.8. The summed E-state index contributed by atoms with van der Waals surface area (Å²) < 4.78 is 36.1. The molecular weight excluding hydrogens is 585 g/mol. The molecule has 3 aromatic carbocycles. The van der Waals surface area contributed by atoms with Crippen LogP contribution in [0.4, 0.5) is 8.78 Å². The Morgan fingerprint density at radius 2 is 1.86 bits per heavy atom. The second-order valence-corrected chi connectivity index (χ2v) is 12.3. The summed E-state index contributed by atoms with van der Waals surface area (Å²) in [5.74, 6) is -0.951. The molecule has 6 rings (SSSR count). The van der Waals surface area contributed by atoms with E-state index in [4.69, 9.17) is 9.72 Å². The molecule has 0 radical (unpaired) electrons. The van der Waals surface area contributed by atoms with Crippen molar-refractivity contribution in [3.63, 3.8) is 0 Å². The molecule has 0 spiro atoms. The van der Waals surface area contributed by atoms with E-state index in [-0.39, 0.29) is 24.0 Å². The van der Waals surface area contributed by atoms with Crippen molar-refractivity contribution in [2.75, 3.05) is 26.3 Å². The van der Waals surface area contributed by atoms with Crippen molar-refractivity contribution in [3.05, 3.63) is 114 Å². The van der Waals surface area contributed by atoms with Crippen molar-refractivity contribution in [3.8, 4) is 11.1 Å². The van der Waals surface area contributed by atoms with Crippen LogP contribution in [0.5, 0.6) is 0 Å². The maximum atomic E-state index is 14.4. The van der Waals surface area contributed by atoms with E-state index in [9.17, 15) is 13.6 Å². The van der Waals surface area contributed by atoms with Gasteiger partial charge >= 0.3 is 0 Å². The number of aromatic amines is 1. The van der Waals surface area contributed by atoms with Gasteiger partial charge in [-0.25, -0.2) is 13.1 Å². The van der Waals surface area contributed by atoms with Crippen LogP contribution in [-0.4, -0.2) is 46.5 Å². The van der Waals surface area contributed by atoms with Crippen LogP contribution in [0.1, 0.15) is 22.9 Å². The van der Waals surface area contributed by atoms with Crippen molar-refractivity contribution >= 4 is 43.3 Å². The number of aromatic nitrogens is 2. The van der Waals surface area contributed by atoms with Crippen molar-refractivity contribution in [2.24, 2.45) is 0 Å². The molecular formula is C33H31F2N4O2PS. The fourth-order valence-corrected chi connectivity index (χ4v) is 6.64. The predicted molar refractivity (Wildman–Crippen MR) is 170 cm³/mol. The van der Waals surface area contributed by atoms with Gasteiger partial charge in [0.05, 0.1) is 31.4 Å². The minimum Gasteiger partial charge on any atom is -0.379 e. The highest BCUT2D eigenvalue weighted by molar-refractivity contribution is 7.97. The number of fused-ring (bicyclic) bond motifs is 1. The number of amides is 1. The van der Waals surface area contributed by atoms with E-state index >= 15 is 0 Å². The first-order valence-electron chi connectivity index (χ1n) is 14.1. The number of pyridine rings is 1. The normalized spacial score (nSPS) is 14.6. The fourth-order valence-electron chi connectivity index (χ4n) is 5.38. The molecule has 0 bridgehead atoms. The summed E-state index contributed by atoms with van der Waals surface area (Å²) in [5, 5.41) is 4.54. The third-order valence-corrected chi connectivity index (χ3v) is 8.81. The van der Waals surface area contributed by atoms with Crippen LogP contribution in [0.15, 0.2) is 90.1 Å². The highest BCUT2D eigenvalue weighted by Crippen LogP contribution is 2.32. The van der Waals surface area contributed by atoms with Gasteiger partial charge in [-0.05, 0) is 88.9 Å². The summed E-state index contributed by atoms with van der Waals surface area (Å²) in [6, 6.07) is 20.9. The standard InChI is InChI=1S/C33H31F2N4O2PS/c34-24-5-8-30-29(19-24)23(20-37-30)17-32(40)38-31(16-21-14-25(35)18-26(42)15-21)33-28(2-1-9-36-33)22-3-6-27(7-4-22)43-39-10-12-41-13-11-39/h1-9,14-15,18-20,31,37H,10-13,16-17,42H2,(H,38,40). The molecule has 43 heavy (non-hydrogen) atoms. The Kier molecular flexibility index (Phi) is 9.14. The number of H-pyrrole nitrogens is 1. The third-order valence-electron chi connectivity index (χ3n) is 7.37. The maximum Gasteiger partial charge on any atom is 0.225 e. The Hall–Kier alpha value is -3.62. The molecule has 0 aliphatic carbocycles. The number of nitrogens with zero attached hydrogens (tertiary/aromatic N) is 2. The zero-order valence-electron chi connectivity index (χ0n) is 23.4. The Labute approximate surface area is 255 Å². The van der Waals surface area contributed by atoms with Gasteiger partial charge in [0.15, 0.2) is 0 Å². The lowest BCUT2D eigenvalue weighted by Crippen LogP contribution is -2.32. The second-order valence-electron chi connectivity index (χ2n) is 10.5. The Balaban J connectivity index is 1.29. The highest BCUT2D eigenvalue weighted by Gasteiger charge is 2.22. The summed E-state index contributed by atoms with van der Waals surface area (Å²) >= 11 is 1.71. The average Bonchev–Trinajstić information content (AvgIpc) is 3.38. The number of carbonyl (C=O) groups excluding carboxylic acids is 1. The Morgan fingerprint density at radius 3 is 2.65 bits per heavy atom. The molecule has 1 aliphatic heterocycles. The molecule has 2 aromatic heterocycles. The molecule has 2 unspecified atom stereocenters. The first kappa shape index (κ1) is 29.5. The molecule has 1 fully saturated rings. The lowest BCUT2D eigenvalue weighted by molar-refractivity contribution is -0.121. The highest BCUT2D eigenvalue weighted by atomic mass is 32.2. The number of rotatable bonds is 9. The summed E-state index contributed by atoms with van der Waals surface area (Å²) in [7, 11) is 2.53. The minimum atomic E-state index is -0.542. The molecule has 6 nitrogen and oxygen atoms in total. The second kappa shape index (κ2) is 13.3. The summed E-state index contributed by atoms with van der Waals surface area (Å²) in [6.45, 7) is 3.23. The monoisotopic (exact) mass is 616 g/mol. The van der Waals surface area contributed by atoms with Crippen LogP contribution in [0, 0.1) is 11.6 Å². The van der Waals surface area contributed by atoms with Gasteiger partial charge in [-0.3, -0.25) is 9.78 Å². The third kappa shape index (κ3) is 7.31. The molecule has 1 amide bonds. The van der Waals surface area contributed by atoms with Crippen molar-refractivity contribution in [1.29, 1.82) is 0 Å². The molecule has 5 aromatic rings. The van der Waals surface area contributed by atoms with Gasteiger partial charge in [-0.2, -0.15) is 0 Å². The van der Waals surface area contributed by atoms with Gasteiger partial charge in [0.1, 0.15) is 11.6 Å². The van der Waals surface area contributed by atoms with E-state index in [1.807, 2.05) is 18.2 Å². The molecule has 10 heteroatoms. The number of morpholine rings is 1. The number of ether oxygens (including phenoxy) is 1. The van der Waals surface area contributed by atoms with Crippen molar-refractivity contribution < 1.29 is 18.3 Å². The van der Waals surface area contributed by atoms with E-state index in [1.165, 1.54) is 24.3 Å². The fraction of sp³-hybridized carbons (Fsp3) is 0.212. The van der Waals surface area contributed by atoms with E-state index in [2.05, 4.69) is 48.1 Å². The number of halogens is 2. The van der Waals surface area contributed by atoms with Crippen LogP contribution >= 0.6 is 21.2 Å². The molecule has 1 aliphatic rings. The first-order valence-corrected chi connectivity index (χ1v) is 15.4. The van der Waals surface area contributed by atoms with Gasteiger partial charge < -0.3 is 15.0 Å². The number of benzene rings is 3. The Morgan fingerprint density at radius 1 is 1.05 bits per heavy atom. The van der Waals surface area contributed by atoms with Gasteiger partial charge in [-0.1, -0.05) is 24.3 Å². The Bertz CT molecular complexity index is 1720. The first-order chi connectivity index (χ1) is 20.9. The van der Waals surface area contributed by atoms with Gasteiger partial charge in [0.25, 0.3) is 0 Å². The lowest BCUT2D eigenvalue weighted by atomic mass is 9.95. The van der Waals surface area contributed by atoms with E-state index in [1.54, 1.807) is 30.4 Å². The molecule has 3 heterocycles. The topological polar surface area (TPSA) is 70.2 Å². The molecule has 2 N–H and O–H groups in total. The van der Waals surface area contributed by atoms with Crippen LogP contribution in [0.2, 0.25) is 0 Å². The summed E-state index contributed by atoms with van der Waals surface area (Å²) in [4.78, 5) is 22.4. The summed E-state index contributed by atoms with van der Waals surface area (Å²) in [6.07, 6.45) is 3.82. The number of hydrogen-bond donors (Lipinski definition) is 2. The van der Waals surface area contributed by atoms with Crippen molar-refractivity contribution in [2.45, 2.75) is 23.8 Å². The predicted octanol–water partition coefficient (Wildman–Crippen LogP) is 5.99. The number of nitrogens with one attached hydrogen (secondary N) is 2. The van der Waals surface area contributed by atoms with Gasteiger partial charge in [0.2, 0.25) is 5.91 Å². The number of hydrogen-bond acceptors (Lipinski definition) is 5. The van der Waals surface area contributed by atoms with E-state index < -0.39 is 6.04 Å². The SMILES string of the molecule is O=C(Cc1c[nH]c2ccc(F)cc12)NC(Cc1cc(F)cc(P)c1)c1ncccc1-c1ccc(SN2CCOCC2)cc1. The molecule has 1 saturated heterocycles. The number of carbonyl (C=O) groups is 1. The van der Waals surface area contributed by atoms with Gasteiger partial charge in [-0.15, -0.1) is 9.24 Å². The van der Waals surface area contributed by atoms with Crippen LogP contribution in [0.3, 0.4) is 0 Å². The molecule has 0 saturated carbocycles. The summed E-state index contributed by atoms with van der Waals surface area (Å²) in [5.41, 5.74) is 4.72. The smallest absolute Gasteiger partial charge is 0.225 e. The average molecular weight is 617 g/mol. The maximum absolute atomic E-state index is 14.4. The molecule has 2 atom stereocenters. The lowest BCUT2D eigenvalue weighted by Gasteiger charge is -2.25. The largest absolute Gasteiger partial charge is 0.379 e. The van der Waals surface area contributed by atoms with Crippen LogP contribution in [0.25, 0.3) is 22.0 Å². The van der Waals surface area contributed by atoms with Gasteiger partial charge in [0, 0.05) is 46.8 Å². The zero-order valence-corrected chi connectivity index (χ0v) is 25.3. The van der Waals surface area contributed by atoms with Crippen LogP contribution < -0.4 is 10.6 Å². The van der Waals surface area contributed by atoms with E-state index in [0.29, 0.717) is 23.1 Å². The van der Waals surface area contributed by atoms with Crippen LogP contribution in [-0.2, 0) is 22.4 Å². The van der Waals surface area contributed by atoms with Crippen molar-refractivity contribution in [1.82, 2.24) is 19.6 Å².